The summed E-state index contributed by atoms with van der Waals surface area (Å²) in [6.07, 6.45) is 0.430. The molecule has 1 saturated heterocycles. The minimum Gasteiger partial charge on any atom is -0.497 e. The Kier molecular flexibility index (Phi) is 18.4. The van der Waals surface area contributed by atoms with E-state index in [4.69, 9.17) is 14.2 Å². The van der Waals surface area contributed by atoms with Crippen LogP contribution < -0.4 is 21.3 Å². The first-order chi connectivity index (χ1) is 27.8. The van der Waals surface area contributed by atoms with Crippen LogP contribution in [-0.2, 0) is 21.5 Å². The molecular formula is C51H68N4O8. The summed E-state index contributed by atoms with van der Waals surface area (Å²) >= 11 is 0. The summed E-state index contributed by atoms with van der Waals surface area (Å²) in [4.78, 5) is 55.0. The van der Waals surface area contributed by atoms with Crippen LogP contribution in [-0.4, -0.2) is 63.5 Å². The lowest BCUT2D eigenvalue weighted by atomic mass is 9.79. The molecule has 12 heteroatoms. The van der Waals surface area contributed by atoms with Gasteiger partial charge in [0.05, 0.1) is 25.3 Å². The Bertz CT molecular complexity index is 2540. The summed E-state index contributed by atoms with van der Waals surface area (Å²) in [7, 11) is 1.61. The van der Waals surface area contributed by atoms with Crippen LogP contribution in [0.2, 0.25) is 0 Å². The number of methoxy groups -OCH3 is 1. The number of carbonyl (C=O) groups excluding carboxylic acids is 2. The Morgan fingerprint density at radius 2 is 1.41 bits per heavy atom. The molecule has 12 nitrogen and oxygen atoms in total. The normalized spacial score (nSPS) is 16.4. The van der Waals surface area contributed by atoms with Crippen molar-refractivity contribution in [3.05, 3.63) is 170 Å². The molecule has 2 aromatic heterocycles. The maximum Gasteiger partial charge on any atom is 0.330 e. The molecule has 1 aliphatic rings. The van der Waals surface area contributed by atoms with E-state index in [1.54, 1.807) is 17.9 Å². The number of ether oxygens (including phenoxy) is 3. The average molecular weight is 865 g/mol. The molecule has 1 fully saturated rings. The summed E-state index contributed by atoms with van der Waals surface area (Å²) in [6.45, 7) is 7.68. The lowest BCUT2D eigenvalue weighted by Crippen LogP contribution is -2.39. The smallest absolute Gasteiger partial charge is 0.330 e. The van der Waals surface area contributed by atoms with Crippen LogP contribution in [0.5, 0.6) is 5.75 Å². The number of aryl methyl sites for hydroxylation is 1. The summed E-state index contributed by atoms with van der Waals surface area (Å²) < 4.78 is 21.4. The number of nitrogens with zero attached hydrogens (tertiary/aromatic N) is 2. The second-order valence-electron chi connectivity index (χ2n) is 15.7. The number of aliphatic hydroxyl groups excluding tert-OH is 1. The van der Waals surface area contributed by atoms with Crippen molar-refractivity contribution in [3.8, 4) is 5.75 Å². The molecule has 0 bridgehead atoms. The predicted molar refractivity (Wildman–Crippen MR) is 254 cm³/mol. The summed E-state index contributed by atoms with van der Waals surface area (Å²) in [5.41, 5.74) is 1.59. The molecule has 6 aromatic rings. The van der Waals surface area contributed by atoms with E-state index in [1.165, 1.54) is 6.20 Å². The first-order valence-corrected chi connectivity index (χ1v) is 19.3. The van der Waals surface area contributed by atoms with Crippen molar-refractivity contribution in [2.75, 3.05) is 20.3 Å². The molecule has 340 valence electrons. The summed E-state index contributed by atoms with van der Waals surface area (Å²) in [5.74, 6) is -0.0583. The fourth-order valence-electron chi connectivity index (χ4n) is 7.53. The molecule has 4 atom stereocenters. The highest BCUT2D eigenvalue weighted by Gasteiger charge is 2.42. The third kappa shape index (κ3) is 10.8. The van der Waals surface area contributed by atoms with Crippen molar-refractivity contribution < 1.29 is 28.9 Å². The lowest BCUT2D eigenvalue weighted by molar-refractivity contribution is -0.0944. The Balaban J connectivity index is 0.00000273. The molecule has 1 aliphatic heterocycles. The van der Waals surface area contributed by atoms with Crippen molar-refractivity contribution in [3.63, 3.8) is 0 Å². The third-order valence-electron chi connectivity index (χ3n) is 10.7. The zero-order chi connectivity index (χ0) is 41.2. The van der Waals surface area contributed by atoms with E-state index >= 15 is 0 Å². The minimum absolute atomic E-state index is 0. The first-order valence-electron chi connectivity index (χ1n) is 19.3. The van der Waals surface area contributed by atoms with E-state index in [0.29, 0.717) is 12.2 Å². The molecule has 2 unspecified atom stereocenters. The van der Waals surface area contributed by atoms with E-state index in [9.17, 15) is 24.3 Å². The van der Waals surface area contributed by atoms with E-state index in [-0.39, 0.29) is 68.2 Å². The van der Waals surface area contributed by atoms with Gasteiger partial charge in [-0.25, -0.2) is 4.79 Å². The van der Waals surface area contributed by atoms with Crippen LogP contribution in [0.15, 0.2) is 125 Å². The standard InChI is InChI=1S/C46H48N4O8.5CH4/c1-29-15-17-32(18-16-29)46(31-11-7-6-8-12-31,33-19-21-34(56-5)22-20-33)57-28-39-38(51)25-40(58-39)50-27-36(42(53)48-44(50)55)41(52)47-24-23-30-26-49(43(54)45(2,3)4)37-14-10-9-13-35(30)37;;;;;/h6-22,26-27,38-40,51H,23-25,28H2,1-5H3,(H,47,52)(H,48,53,55);5*1H4/t38?,39-,40-,46?;;;;;/m1...../s1. The number of aromatic nitrogens is 3. The molecule has 63 heavy (non-hydrogen) atoms. The number of nitrogens with one attached hydrogen (secondary N) is 2. The van der Waals surface area contributed by atoms with E-state index in [2.05, 4.69) is 10.3 Å². The molecule has 1 amide bonds. The van der Waals surface area contributed by atoms with Crippen molar-refractivity contribution in [1.29, 1.82) is 0 Å². The van der Waals surface area contributed by atoms with Crippen LogP contribution in [0.1, 0.15) is 114 Å². The molecule has 4 aromatic carbocycles. The number of H-pyrrole nitrogens is 1. The van der Waals surface area contributed by atoms with Crippen molar-refractivity contribution >= 4 is 22.7 Å². The topological polar surface area (TPSA) is 154 Å². The molecule has 0 aliphatic carbocycles. The van der Waals surface area contributed by atoms with Crippen molar-refractivity contribution in [2.45, 2.75) is 102 Å². The summed E-state index contributed by atoms with van der Waals surface area (Å²) in [5, 5.41) is 15.0. The third-order valence-corrected chi connectivity index (χ3v) is 10.7. The van der Waals surface area contributed by atoms with Crippen molar-refractivity contribution in [1.82, 2.24) is 19.4 Å². The van der Waals surface area contributed by atoms with Gasteiger partial charge in [0, 0.05) is 36.2 Å². The quantitative estimate of drug-likeness (QED) is 0.103. The largest absolute Gasteiger partial charge is 0.497 e. The molecule has 0 spiro atoms. The lowest BCUT2D eigenvalue weighted by Gasteiger charge is -2.37. The van der Waals surface area contributed by atoms with Crippen molar-refractivity contribution in [2.24, 2.45) is 5.41 Å². The fourth-order valence-corrected chi connectivity index (χ4v) is 7.53. The van der Waals surface area contributed by atoms with Gasteiger partial charge in [-0.1, -0.05) is 148 Å². The second-order valence-corrected chi connectivity index (χ2v) is 15.7. The minimum atomic E-state index is -1.13. The van der Waals surface area contributed by atoms with Gasteiger partial charge in [-0.05, 0) is 53.8 Å². The van der Waals surface area contributed by atoms with Gasteiger partial charge in [0.1, 0.15) is 29.2 Å². The van der Waals surface area contributed by atoms with E-state index in [1.807, 2.05) is 131 Å². The molecule has 3 heterocycles. The zero-order valence-corrected chi connectivity index (χ0v) is 33.2. The van der Waals surface area contributed by atoms with Gasteiger partial charge < -0.3 is 24.6 Å². The van der Waals surface area contributed by atoms with Gasteiger partial charge in [-0.2, -0.15) is 0 Å². The van der Waals surface area contributed by atoms with Gasteiger partial charge in [-0.15, -0.1) is 0 Å². The SMILES string of the molecule is C.C.C.C.C.COc1ccc(C(OC[C@H]2O[C@@H](n3cc(C(=O)NCCc4cn(C(=O)C(C)(C)C)c5ccccc45)c(=O)[nH]c3=O)CC2O)(c2ccccc2)c2ccc(C)cc2)cc1. The number of para-hydroxylation sites is 1. The molecule has 0 radical (unpaired) electrons. The Hall–Kier alpha value is -6.08. The van der Waals surface area contributed by atoms with Crippen LogP contribution in [0, 0.1) is 12.3 Å². The number of aromatic amines is 1. The van der Waals surface area contributed by atoms with E-state index < -0.39 is 46.6 Å². The maximum atomic E-state index is 13.4. The van der Waals surface area contributed by atoms with Crippen LogP contribution >= 0.6 is 0 Å². The monoisotopic (exact) mass is 865 g/mol. The first kappa shape index (κ1) is 53.1. The summed E-state index contributed by atoms with van der Waals surface area (Å²) in [6, 6.07) is 33.0. The number of hydrogen-bond acceptors (Lipinski definition) is 8. The number of hydrogen-bond donors (Lipinski definition) is 3. The number of fused-ring (bicyclic) bond motifs is 1. The van der Waals surface area contributed by atoms with Gasteiger partial charge in [-0.3, -0.25) is 28.5 Å². The number of benzene rings is 4. The Morgan fingerprint density at radius 3 is 2.03 bits per heavy atom. The number of amides is 1. The number of rotatable bonds is 12. The highest BCUT2D eigenvalue weighted by Crippen LogP contribution is 2.42. The second kappa shape index (κ2) is 21.8. The van der Waals surface area contributed by atoms with Crippen LogP contribution in [0.25, 0.3) is 10.9 Å². The highest BCUT2D eigenvalue weighted by atomic mass is 16.6. The highest BCUT2D eigenvalue weighted by molar-refractivity contribution is 5.96. The molecule has 7 rings (SSSR count). The van der Waals surface area contributed by atoms with Gasteiger partial charge in [0.15, 0.2) is 0 Å². The zero-order valence-electron chi connectivity index (χ0n) is 33.2. The average Bonchev–Trinajstić information content (AvgIpc) is 3.78. The van der Waals surface area contributed by atoms with Gasteiger partial charge >= 0.3 is 5.69 Å². The predicted octanol–water partition coefficient (Wildman–Crippen LogP) is 9.30. The molecular weight excluding hydrogens is 797 g/mol. The number of aliphatic hydroxyl groups is 1. The fraction of sp³-hybridized carbons (Fsp3) is 0.373. The number of carbonyl (C=O) groups is 2. The van der Waals surface area contributed by atoms with Gasteiger partial charge in [0.25, 0.3) is 11.5 Å². The van der Waals surface area contributed by atoms with E-state index in [0.717, 1.165) is 43.3 Å². The Morgan fingerprint density at radius 1 is 0.825 bits per heavy atom. The molecule has 0 saturated carbocycles. The van der Waals surface area contributed by atoms with Crippen LogP contribution in [0.4, 0.5) is 0 Å². The maximum absolute atomic E-state index is 13.4. The van der Waals surface area contributed by atoms with Gasteiger partial charge in [0.2, 0.25) is 5.91 Å². The Labute approximate surface area is 372 Å². The molecule has 3 N–H and O–H groups in total. The van der Waals surface area contributed by atoms with Crippen LogP contribution in [0.3, 0.4) is 0 Å².